The SMILES string of the molecule is CCCCCC(Cc1ccccc1Cl)NCC. The first-order chi connectivity index (χ1) is 8.27. The predicted octanol–water partition coefficient (Wildman–Crippen LogP) is 4.44. The third-order valence-electron chi connectivity index (χ3n) is 3.07. The molecular weight excluding hydrogens is 230 g/mol. The molecule has 2 heteroatoms. The first-order valence-corrected chi connectivity index (χ1v) is 7.12. The van der Waals surface area contributed by atoms with Gasteiger partial charge in [0.2, 0.25) is 0 Å². The molecule has 0 saturated heterocycles. The quantitative estimate of drug-likeness (QED) is 0.676. The lowest BCUT2D eigenvalue weighted by atomic mass is 10.0. The summed E-state index contributed by atoms with van der Waals surface area (Å²) >= 11 is 6.20. The average Bonchev–Trinajstić information content (AvgIpc) is 2.32. The summed E-state index contributed by atoms with van der Waals surface area (Å²) in [6.45, 7) is 5.44. The summed E-state index contributed by atoms with van der Waals surface area (Å²) in [5, 5.41) is 4.45. The molecule has 96 valence electrons. The van der Waals surface area contributed by atoms with E-state index in [9.17, 15) is 0 Å². The highest BCUT2D eigenvalue weighted by atomic mass is 35.5. The fourth-order valence-corrected chi connectivity index (χ4v) is 2.35. The van der Waals surface area contributed by atoms with Crippen molar-refractivity contribution in [2.24, 2.45) is 0 Å². The Morgan fingerprint density at radius 2 is 1.94 bits per heavy atom. The van der Waals surface area contributed by atoms with Crippen LogP contribution in [0.25, 0.3) is 0 Å². The molecule has 1 rings (SSSR count). The van der Waals surface area contributed by atoms with Gasteiger partial charge in [-0.1, -0.05) is 62.9 Å². The summed E-state index contributed by atoms with van der Waals surface area (Å²) in [6, 6.07) is 8.73. The summed E-state index contributed by atoms with van der Waals surface area (Å²) < 4.78 is 0. The molecule has 1 atom stereocenters. The zero-order chi connectivity index (χ0) is 12.5. The number of hydrogen-bond acceptors (Lipinski definition) is 1. The van der Waals surface area contributed by atoms with Gasteiger partial charge in [-0.15, -0.1) is 0 Å². The minimum absolute atomic E-state index is 0.562. The van der Waals surface area contributed by atoms with E-state index >= 15 is 0 Å². The molecule has 1 unspecified atom stereocenters. The predicted molar refractivity (Wildman–Crippen MR) is 76.8 cm³/mol. The Morgan fingerprint density at radius 1 is 1.18 bits per heavy atom. The normalized spacial score (nSPS) is 12.6. The molecule has 0 spiro atoms. The van der Waals surface area contributed by atoms with Crippen LogP contribution in [0.3, 0.4) is 0 Å². The van der Waals surface area contributed by atoms with Crippen molar-refractivity contribution in [3.63, 3.8) is 0 Å². The van der Waals surface area contributed by atoms with E-state index < -0.39 is 0 Å². The van der Waals surface area contributed by atoms with E-state index in [-0.39, 0.29) is 0 Å². The molecule has 0 fully saturated rings. The zero-order valence-corrected chi connectivity index (χ0v) is 11.8. The first kappa shape index (κ1) is 14.5. The van der Waals surface area contributed by atoms with Gasteiger partial charge in [-0.3, -0.25) is 0 Å². The molecule has 1 aromatic rings. The van der Waals surface area contributed by atoms with Crippen molar-refractivity contribution >= 4 is 11.6 Å². The van der Waals surface area contributed by atoms with E-state index in [0.29, 0.717) is 6.04 Å². The minimum Gasteiger partial charge on any atom is -0.314 e. The van der Waals surface area contributed by atoms with E-state index in [1.807, 2.05) is 12.1 Å². The van der Waals surface area contributed by atoms with Gasteiger partial charge in [-0.05, 0) is 31.0 Å². The van der Waals surface area contributed by atoms with Crippen molar-refractivity contribution in [1.82, 2.24) is 5.32 Å². The number of rotatable bonds is 8. The molecule has 0 heterocycles. The van der Waals surface area contributed by atoms with E-state index in [0.717, 1.165) is 18.0 Å². The highest BCUT2D eigenvalue weighted by molar-refractivity contribution is 6.31. The monoisotopic (exact) mass is 253 g/mol. The molecule has 0 aromatic heterocycles. The molecule has 0 amide bonds. The van der Waals surface area contributed by atoms with Crippen molar-refractivity contribution in [2.75, 3.05) is 6.54 Å². The first-order valence-electron chi connectivity index (χ1n) is 6.74. The molecule has 1 N–H and O–H groups in total. The van der Waals surface area contributed by atoms with Crippen LogP contribution in [0.5, 0.6) is 0 Å². The van der Waals surface area contributed by atoms with Crippen molar-refractivity contribution in [2.45, 2.75) is 52.0 Å². The Kier molecular flexibility index (Phi) is 7.30. The van der Waals surface area contributed by atoms with Gasteiger partial charge in [0, 0.05) is 11.1 Å². The maximum Gasteiger partial charge on any atom is 0.0438 e. The molecule has 0 radical (unpaired) electrons. The van der Waals surface area contributed by atoms with Gasteiger partial charge in [0.15, 0.2) is 0 Å². The molecular formula is C15H24ClN. The molecule has 0 saturated carbocycles. The van der Waals surface area contributed by atoms with Crippen molar-refractivity contribution in [3.8, 4) is 0 Å². The Morgan fingerprint density at radius 3 is 2.59 bits per heavy atom. The lowest BCUT2D eigenvalue weighted by Gasteiger charge is -2.18. The summed E-state index contributed by atoms with van der Waals surface area (Å²) in [5.41, 5.74) is 1.26. The fraction of sp³-hybridized carbons (Fsp3) is 0.600. The van der Waals surface area contributed by atoms with Crippen LogP contribution in [-0.2, 0) is 6.42 Å². The van der Waals surface area contributed by atoms with Crippen LogP contribution in [0.15, 0.2) is 24.3 Å². The fourth-order valence-electron chi connectivity index (χ4n) is 2.14. The van der Waals surface area contributed by atoms with Crippen LogP contribution >= 0.6 is 11.6 Å². The van der Waals surface area contributed by atoms with E-state index in [1.165, 1.54) is 31.2 Å². The van der Waals surface area contributed by atoms with Gasteiger partial charge in [-0.25, -0.2) is 0 Å². The molecule has 0 aliphatic heterocycles. The van der Waals surface area contributed by atoms with Crippen molar-refractivity contribution < 1.29 is 0 Å². The minimum atomic E-state index is 0.562. The van der Waals surface area contributed by atoms with Crippen LogP contribution in [0.2, 0.25) is 5.02 Å². The van der Waals surface area contributed by atoms with Gasteiger partial charge in [0.25, 0.3) is 0 Å². The molecule has 17 heavy (non-hydrogen) atoms. The maximum atomic E-state index is 6.20. The Bertz CT molecular complexity index is 312. The average molecular weight is 254 g/mol. The van der Waals surface area contributed by atoms with E-state index in [4.69, 9.17) is 11.6 Å². The lowest BCUT2D eigenvalue weighted by molar-refractivity contribution is 0.467. The molecule has 1 aromatic carbocycles. The van der Waals surface area contributed by atoms with Gasteiger partial charge >= 0.3 is 0 Å². The third kappa shape index (κ3) is 5.56. The summed E-state index contributed by atoms with van der Waals surface area (Å²) in [5.74, 6) is 0. The Hall–Kier alpha value is -0.530. The summed E-state index contributed by atoms with van der Waals surface area (Å²) in [6.07, 6.45) is 6.19. The van der Waals surface area contributed by atoms with Gasteiger partial charge < -0.3 is 5.32 Å². The smallest absolute Gasteiger partial charge is 0.0438 e. The summed E-state index contributed by atoms with van der Waals surface area (Å²) in [7, 11) is 0. The van der Waals surface area contributed by atoms with Crippen LogP contribution in [0.4, 0.5) is 0 Å². The van der Waals surface area contributed by atoms with Crippen molar-refractivity contribution in [3.05, 3.63) is 34.9 Å². The van der Waals surface area contributed by atoms with Crippen LogP contribution in [0, 0.1) is 0 Å². The largest absolute Gasteiger partial charge is 0.314 e. The molecule has 0 aliphatic carbocycles. The highest BCUT2D eigenvalue weighted by Gasteiger charge is 2.09. The second kappa shape index (κ2) is 8.54. The molecule has 0 aliphatic rings. The second-order valence-corrected chi connectivity index (χ2v) is 4.95. The van der Waals surface area contributed by atoms with E-state index in [2.05, 4.69) is 31.3 Å². The van der Waals surface area contributed by atoms with Crippen LogP contribution < -0.4 is 5.32 Å². The summed E-state index contributed by atoms with van der Waals surface area (Å²) in [4.78, 5) is 0. The number of benzene rings is 1. The highest BCUT2D eigenvalue weighted by Crippen LogP contribution is 2.18. The number of nitrogens with one attached hydrogen (secondary N) is 1. The topological polar surface area (TPSA) is 12.0 Å². The Labute approximate surface area is 111 Å². The number of hydrogen-bond donors (Lipinski definition) is 1. The Balaban J connectivity index is 2.50. The maximum absolute atomic E-state index is 6.20. The van der Waals surface area contributed by atoms with Crippen LogP contribution in [-0.4, -0.2) is 12.6 Å². The van der Waals surface area contributed by atoms with Gasteiger partial charge in [0.05, 0.1) is 0 Å². The second-order valence-electron chi connectivity index (χ2n) is 4.55. The standard InChI is InChI=1S/C15H24ClN/c1-3-5-6-10-14(17-4-2)12-13-9-7-8-11-15(13)16/h7-9,11,14,17H,3-6,10,12H2,1-2H3. The van der Waals surface area contributed by atoms with Crippen molar-refractivity contribution in [1.29, 1.82) is 0 Å². The lowest BCUT2D eigenvalue weighted by Crippen LogP contribution is -2.31. The van der Waals surface area contributed by atoms with Gasteiger partial charge in [0.1, 0.15) is 0 Å². The van der Waals surface area contributed by atoms with Gasteiger partial charge in [-0.2, -0.15) is 0 Å². The molecule has 1 nitrogen and oxygen atoms in total. The third-order valence-corrected chi connectivity index (χ3v) is 3.44. The zero-order valence-electron chi connectivity index (χ0n) is 11.0. The number of halogens is 1. The molecule has 0 bridgehead atoms. The van der Waals surface area contributed by atoms with E-state index in [1.54, 1.807) is 0 Å². The number of likely N-dealkylation sites (N-methyl/N-ethyl adjacent to an activating group) is 1. The number of unbranched alkanes of at least 4 members (excludes halogenated alkanes) is 2. The van der Waals surface area contributed by atoms with Crippen LogP contribution in [0.1, 0.15) is 45.1 Å².